The molecule has 1 amide bonds. The third-order valence-corrected chi connectivity index (χ3v) is 7.22. The van der Waals surface area contributed by atoms with Gasteiger partial charge in [0.15, 0.2) is 5.60 Å². The zero-order valence-electron chi connectivity index (χ0n) is 15.2. The van der Waals surface area contributed by atoms with Crippen molar-refractivity contribution in [2.75, 3.05) is 4.90 Å². The highest BCUT2D eigenvalue weighted by molar-refractivity contribution is 6.05. The molecule has 1 aromatic rings. The van der Waals surface area contributed by atoms with E-state index in [2.05, 4.69) is 0 Å². The largest absolute Gasteiger partial charge is 0.448 e. The summed E-state index contributed by atoms with van der Waals surface area (Å²) in [5.74, 6) is -0.729. The van der Waals surface area contributed by atoms with E-state index < -0.39 is 16.4 Å². The quantitative estimate of drug-likeness (QED) is 0.731. The third-order valence-electron chi connectivity index (χ3n) is 7.22. The van der Waals surface area contributed by atoms with E-state index in [9.17, 15) is 14.0 Å². The van der Waals surface area contributed by atoms with Gasteiger partial charge in [-0.25, -0.2) is 4.39 Å². The Balaban J connectivity index is 1.81. The van der Waals surface area contributed by atoms with Crippen molar-refractivity contribution < 1.29 is 18.7 Å². The topological polar surface area (TPSA) is 46.6 Å². The SMILES string of the molecule is C[C@H]1CCc2cc(F)ccc2N1C(=O)[C@]12CC[C@@](C)(C(=O)O1)C2(C)C. The first-order valence-corrected chi connectivity index (χ1v) is 9.00. The number of anilines is 1. The summed E-state index contributed by atoms with van der Waals surface area (Å²) < 4.78 is 19.4. The van der Waals surface area contributed by atoms with Gasteiger partial charge in [0.25, 0.3) is 5.91 Å². The number of carbonyl (C=O) groups is 2. The molecule has 0 radical (unpaired) electrons. The summed E-state index contributed by atoms with van der Waals surface area (Å²) in [5.41, 5.74) is -0.757. The molecule has 25 heavy (non-hydrogen) atoms. The molecule has 134 valence electrons. The average Bonchev–Trinajstić information content (AvgIpc) is 2.85. The number of nitrogens with zero attached hydrogens (tertiary/aromatic N) is 1. The highest BCUT2D eigenvalue weighted by Gasteiger charge is 2.76. The molecule has 2 bridgehead atoms. The molecule has 4 nitrogen and oxygen atoms in total. The molecule has 4 rings (SSSR count). The fraction of sp³-hybridized carbons (Fsp3) is 0.600. The maximum absolute atomic E-state index is 13.7. The van der Waals surface area contributed by atoms with Crippen molar-refractivity contribution in [1.29, 1.82) is 0 Å². The summed E-state index contributed by atoms with van der Waals surface area (Å²) >= 11 is 0. The lowest BCUT2D eigenvalue weighted by Gasteiger charge is -2.43. The van der Waals surface area contributed by atoms with Crippen molar-refractivity contribution >= 4 is 17.6 Å². The first-order valence-electron chi connectivity index (χ1n) is 9.00. The Bertz CT molecular complexity index is 789. The first kappa shape index (κ1) is 16.6. The highest BCUT2D eigenvalue weighted by Crippen LogP contribution is 2.66. The monoisotopic (exact) mass is 345 g/mol. The molecular weight excluding hydrogens is 321 g/mol. The van der Waals surface area contributed by atoms with Gasteiger partial charge >= 0.3 is 5.97 Å². The van der Waals surface area contributed by atoms with Gasteiger partial charge in [-0.15, -0.1) is 0 Å². The molecule has 1 saturated heterocycles. The molecule has 2 heterocycles. The van der Waals surface area contributed by atoms with Crippen LogP contribution >= 0.6 is 0 Å². The molecular formula is C20H24FNO3. The summed E-state index contributed by atoms with van der Waals surface area (Å²) in [5, 5.41) is 0. The summed E-state index contributed by atoms with van der Waals surface area (Å²) in [6.45, 7) is 7.82. The van der Waals surface area contributed by atoms with Crippen LogP contribution in [0.15, 0.2) is 18.2 Å². The number of hydrogen-bond acceptors (Lipinski definition) is 3. The summed E-state index contributed by atoms with van der Waals surface area (Å²) in [6, 6.07) is 4.55. The van der Waals surface area contributed by atoms with E-state index in [0.717, 1.165) is 24.1 Å². The van der Waals surface area contributed by atoms with Crippen LogP contribution in [0.4, 0.5) is 10.1 Å². The van der Waals surface area contributed by atoms with Crippen LogP contribution < -0.4 is 4.90 Å². The molecule has 0 spiro atoms. The van der Waals surface area contributed by atoms with Crippen molar-refractivity contribution in [3.8, 4) is 0 Å². The van der Waals surface area contributed by atoms with Crippen LogP contribution in [0.25, 0.3) is 0 Å². The molecule has 1 saturated carbocycles. The number of aryl methyl sites for hydroxylation is 1. The number of esters is 1. The van der Waals surface area contributed by atoms with Crippen LogP contribution in [0.1, 0.15) is 52.5 Å². The van der Waals surface area contributed by atoms with E-state index in [1.807, 2.05) is 27.7 Å². The Morgan fingerprint density at radius 2 is 2.00 bits per heavy atom. The van der Waals surface area contributed by atoms with Gasteiger partial charge in [0.05, 0.1) is 5.41 Å². The fourth-order valence-corrected chi connectivity index (χ4v) is 4.95. The van der Waals surface area contributed by atoms with Crippen LogP contribution in [0.3, 0.4) is 0 Å². The summed E-state index contributed by atoms with van der Waals surface area (Å²) in [6.07, 6.45) is 2.71. The zero-order valence-corrected chi connectivity index (χ0v) is 15.2. The molecule has 1 aliphatic carbocycles. The van der Waals surface area contributed by atoms with Crippen molar-refractivity contribution in [2.24, 2.45) is 10.8 Å². The number of amides is 1. The maximum Gasteiger partial charge on any atom is 0.313 e. The fourth-order valence-electron chi connectivity index (χ4n) is 4.95. The predicted octanol–water partition coefficient (Wildman–Crippen LogP) is 3.62. The second-order valence-corrected chi connectivity index (χ2v) is 8.51. The van der Waals surface area contributed by atoms with Gasteiger partial charge in [0, 0.05) is 17.1 Å². The minimum Gasteiger partial charge on any atom is -0.448 e. The smallest absolute Gasteiger partial charge is 0.313 e. The van der Waals surface area contributed by atoms with Crippen molar-refractivity contribution in [1.82, 2.24) is 0 Å². The summed E-state index contributed by atoms with van der Waals surface area (Å²) in [4.78, 5) is 27.9. The van der Waals surface area contributed by atoms with Crippen molar-refractivity contribution in [2.45, 2.75) is 65.0 Å². The molecule has 5 heteroatoms. The van der Waals surface area contributed by atoms with Crippen LogP contribution in [-0.4, -0.2) is 23.5 Å². The van der Waals surface area contributed by atoms with Gasteiger partial charge in [-0.2, -0.15) is 0 Å². The predicted molar refractivity (Wildman–Crippen MR) is 91.6 cm³/mol. The van der Waals surface area contributed by atoms with Crippen LogP contribution in [0.5, 0.6) is 0 Å². The average molecular weight is 345 g/mol. The number of carbonyl (C=O) groups excluding carboxylic acids is 2. The van der Waals surface area contributed by atoms with E-state index >= 15 is 0 Å². The van der Waals surface area contributed by atoms with Crippen LogP contribution in [0, 0.1) is 16.6 Å². The second-order valence-electron chi connectivity index (χ2n) is 8.51. The van der Waals surface area contributed by atoms with Crippen molar-refractivity contribution in [3.63, 3.8) is 0 Å². The van der Waals surface area contributed by atoms with E-state index in [4.69, 9.17) is 4.74 Å². The first-order chi connectivity index (χ1) is 11.6. The molecule has 1 aromatic carbocycles. The Labute approximate surface area is 147 Å². The minimum atomic E-state index is -1.13. The van der Waals surface area contributed by atoms with E-state index in [1.165, 1.54) is 12.1 Å². The lowest BCUT2D eigenvalue weighted by Crippen LogP contribution is -2.58. The highest BCUT2D eigenvalue weighted by atomic mass is 19.1. The number of halogens is 1. The van der Waals surface area contributed by atoms with Gasteiger partial charge in [0.2, 0.25) is 0 Å². The number of hydrogen-bond donors (Lipinski definition) is 0. The second kappa shape index (κ2) is 4.83. The lowest BCUT2D eigenvalue weighted by atomic mass is 9.66. The molecule has 0 aromatic heterocycles. The van der Waals surface area contributed by atoms with Crippen molar-refractivity contribution in [3.05, 3.63) is 29.6 Å². The Hall–Kier alpha value is -1.91. The third kappa shape index (κ3) is 1.81. The van der Waals surface area contributed by atoms with Crippen LogP contribution in [-0.2, 0) is 20.7 Å². The Kier molecular flexibility index (Phi) is 3.20. The Morgan fingerprint density at radius 1 is 1.28 bits per heavy atom. The minimum absolute atomic E-state index is 0.0122. The summed E-state index contributed by atoms with van der Waals surface area (Å²) in [7, 11) is 0. The number of benzene rings is 1. The van der Waals surface area contributed by atoms with Gasteiger partial charge < -0.3 is 9.64 Å². The zero-order chi connectivity index (χ0) is 18.2. The molecule has 3 atom stereocenters. The molecule has 3 aliphatic rings. The molecule has 0 N–H and O–H groups in total. The van der Waals surface area contributed by atoms with E-state index in [1.54, 1.807) is 11.0 Å². The van der Waals surface area contributed by atoms with Gasteiger partial charge in [-0.1, -0.05) is 13.8 Å². The molecule has 2 fully saturated rings. The van der Waals surface area contributed by atoms with Gasteiger partial charge in [-0.3, -0.25) is 9.59 Å². The van der Waals surface area contributed by atoms with Crippen LogP contribution in [0.2, 0.25) is 0 Å². The number of fused-ring (bicyclic) bond motifs is 3. The maximum atomic E-state index is 13.7. The normalized spacial score (nSPS) is 35.5. The van der Waals surface area contributed by atoms with E-state index in [0.29, 0.717) is 12.8 Å². The van der Waals surface area contributed by atoms with E-state index in [-0.39, 0.29) is 23.7 Å². The number of rotatable bonds is 1. The van der Waals surface area contributed by atoms with Gasteiger partial charge in [0.1, 0.15) is 5.82 Å². The number of ether oxygens (including phenoxy) is 1. The molecule has 2 aliphatic heterocycles. The van der Waals surface area contributed by atoms with Gasteiger partial charge in [-0.05, 0) is 63.3 Å². The standard InChI is InChI=1S/C20H24FNO3/c1-12-5-6-13-11-14(21)7-8-15(13)22(12)16(23)20-10-9-19(4,17(24)25-20)18(20,2)3/h7-8,11-12H,5-6,9-10H2,1-4H3/t12-,19-,20-/m0/s1. The lowest BCUT2D eigenvalue weighted by molar-refractivity contribution is -0.167. The Morgan fingerprint density at radius 3 is 2.60 bits per heavy atom. The molecule has 0 unspecified atom stereocenters.